The Bertz CT molecular complexity index is 677. The highest BCUT2D eigenvalue weighted by Crippen LogP contribution is 2.57. The molecular weight excluding hydrogens is 361 g/mol. The Balaban J connectivity index is 1.97. The molecule has 1 aliphatic heterocycles. The summed E-state index contributed by atoms with van der Waals surface area (Å²) in [6.07, 6.45) is -0.996. The van der Waals surface area contributed by atoms with Gasteiger partial charge in [0.2, 0.25) is 5.91 Å². The second kappa shape index (κ2) is 8.77. The molecule has 1 saturated heterocycles. The van der Waals surface area contributed by atoms with Crippen LogP contribution in [0.5, 0.6) is 0 Å². The smallest absolute Gasteiger partial charge is 0.469 e. The van der Waals surface area contributed by atoms with Crippen LogP contribution in [0, 0.1) is 5.41 Å². The van der Waals surface area contributed by atoms with Gasteiger partial charge in [0.1, 0.15) is 0 Å². The number of carbonyl (C=O) groups excluding carboxylic acids is 2. The van der Waals surface area contributed by atoms with Crippen molar-refractivity contribution in [1.82, 2.24) is 5.32 Å². The minimum absolute atomic E-state index is 0.0358. The van der Waals surface area contributed by atoms with Crippen LogP contribution in [0.3, 0.4) is 0 Å². The summed E-state index contributed by atoms with van der Waals surface area (Å²) in [4.78, 5) is 23.6. The lowest BCUT2D eigenvalue weighted by Crippen LogP contribution is -2.49. The number of amides is 1. The van der Waals surface area contributed by atoms with E-state index in [0.29, 0.717) is 0 Å². The molecular formula is C17H24NO7P. The Hall–Kier alpha value is -1.73. The summed E-state index contributed by atoms with van der Waals surface area (Å²) in [7, 11) is -2.61. The number of esters is 1. The maximum atomic E-state index is 12.7. The van der Waals surface area contributed by atoms with Crippen LogP contribution in [0.2, 0.25) is 0 Å². The molecule has 0 aromatic heterocycles. The fourth-order valence-electron chi connectivity index (χ4n) is 2.30. The number of rotatable bonds is 7. The first-order valence-corrected chi connectivity index (χ1v) is 9.68. The topological polar surface area (TPSA) is 100 Å². The molecule has 0 aliphatic carbocycles. The number of methoxy groups -OCH3 is 1. The van der Waals surface area contributed by atoms with Gasteiger partial charge in [-0.25, -0.2) is 4.57 Å². The molecule has 1 aliphatic rings. The van der Waals surface area contributed by atoms with Crippen molar-refractivity contribution in [3.05, 3.63) is 35.9 Å². The van der Waals surface area contributed by atoms with E-state index < -0.39 is 31.2 Å². The van der Waals surface area contributed by atoms with E-state index >= 15 is 0 Å². The Morgan fingerprint density at radius 3 is 2.65 bits per heavy atom. The molecule has 1 N–H and O–H groups in total. The summed E-state index contributed by atoms with van der Waals surface area (Å²) in [5.74, 6) is -0.917. The van der Waals surface area contributed by atoms with Crippen LogP contribution in [0.1, 0.15) is 25.8 Å². The van der Waals surface area contributed by atoms with E-state index in [4.69, 9.17) is 13.6 Å². The summed E-state index contributed by atoms with van der Waals surface area (Å²) in [5, 5.41) is 2.59. The maximum Gasteiger partial charge on any atom is 0.475 e. The number of carbonyl (C=O) groups is 2. The molecule has 0 radical (unpaired) electrons. The summed E-state index contributed by atoms with van der Waals surface area (Å²) < 4.78 is 33.3. The lowest BCUT2D eigenvalue weighted by atomic mass is 9.87. The molecule has 0 unspecified atom stereocenters. The van der Waals surface area contributed by atoms with Crippen molar-refractivity contribution in [2.75, 3.05) is 20.3 Å². The van der Waals surface area contributed by atoms with Gasteiger partial charge in [-0.15, -0.1) is 0 Å². The lowest BCUT2D eigenvalue weighted by Gasteiger charge is -2.39. The molecule has 144 valence electrons. The van der Waals surface area contributed by atoms with Crippen molar-refractivity contribution >= 4 is 19.7 Å². The van der Waals surface area contributed by atoms with Crippen LogP contribution in [0.4, 0.5) is 0 Å². The molecule has 1 heterocycles. The molecule has 1 aromatic carbocycles. The van der Waals surface area contributed by atoms with Crippen LogP contribution in [0.15, 0.2) is 30.3 Å². The standard InChI is InChI=1S/C17H24NO7P/c1-17(2)12-24-26(21,23-11-13-7-5-4-6-8-13)25-15(17)16(20)18-10-9-14(19)22-3/h4-8,15H,9-12H2,1-3H3,(H,18,20)/t15-,26-/m0/s1. The largest absolute Gasteiger partial charge is 0.475 e. The third-order valence-electron chi connectivity index (χ3n) is 3.87. The normalized spacial score (nSPS) is 24.7. The van der Waals surface area contributed by atoms with Crippen molar-refractivity contribution < 1.29 is 32.5 Å². The number of benzene rings is 1. The summed E-state index contributed by atoms with van der Waals surface area (Å²) in [6.45, 7) is 3.69. The Kier molecular flexibility index (Phi) is 6.94. The second-order valence-corrected chi connectivity index (χ2v) is 8.19. The minimum atomic E-state index is -3.88. The Morgan fingerprint density at radius 1 is 1.31 bits per heavy atom. The van der Waals surface area contributed by atoms with Crippen molar-refractivity contribution in [2.24, 2.45) is 5.41 Å². The van der Waals surface area contributed by atoms with E-state index in [2.05, 4.69) is 10.1 Å². The van der Waals surface area contributed by atoms with E-state index in [1.807, 2.05) is 30.3 Å². The molecule has 0 spiro atoms. The second-order valence-electron chi connectivity index (χ2n) is 6.57. The van der Waals surface area contributed by atoms with E-state index in [0.717, 1.165) is 5.56 Å². The van der Waals surface area contributed by atoms with Gasteiger partial charge in [0.25, 0.3) is 0 Å². The van der Waals surface area contributed by atoms with Crippen molar-refractivity contribution in [3.63, 3.8) is 0 Å². The molecule has 2 atom stereocenters. The number of hydrogen-bond acceptors (Lipinski definition) is 7. The number of phosphoric acid groups is 1. The number of hydrogen-bond donors (Lipinski definition) is 1. The van der Waals surface area contributed by atoms with Gasteiger partial charge in [-0.1, -0.05) is 44.2 Å². The van der Waals surface area contributed by atoms with Gasteiger partial charge < -0.3 is 10.1 Å². The third-order valence-corrected chi connectivity index (χ3v) is 5.22. The first-order valence-electron chi connectivity index (χ1n) is 8.22. The molecule has 0 bridgehead atoms. The summed E-state index contributed by atoms with van der Waals surface area (Å²) in [6, 6.07) is 9.15. The number of nitrogens with one attached hydrogen (secondary N) is 1. The molecule has 9 heteroatoms. The van der Waals surface area contributed by atoms with Crippen LogP contribution in [0.25, 0.3) is 0 Å². The first-order chi connectivity index (χ1) is 12.3. The molecule has 0 saturated carbocycles. The highest BCUT2D eigenvalue weighted by Gasteiger charge is 2.49. The van der Waals surface area contributed by atoms with Crippen LogP contribution in [-0.2, 0) is 39.1 Å². The quantitative estimate of drug-likeness (QED) is 0.568. The van der Waals surface area contributed by atoms with Crippen LogP contribution >= 0.6 is 7.82 Å². The van der Waals surface area contributed by atoms with Crippen LogP contribution < -0.4 is 5.32 Å². The van der Waals surface area contributed by atoms with Gasteiger partial charge >= 0.3 is 13.8 Å². The van der Waals surface area contributed by atoms with E-state index in [1.165, 1.54) is 7.11 Å². The van der Waals surface area contributed by atoms with Gasteiger partial charge in [0.05, 0.1) is 26.7 Å². The van der Waals surface area contributed by atoms with E-state index in [9.17, 15) is 14.2 Å². The highest BCUT2D eigenvalue weighted by molar-refractivity contribution is 7.48. The zero-order chi connectivity index (χ0) is 19.2. The Morgan fingerprint density at radius 2 is 2.00 bits per heavy atom. The Labute approximate surface area is 152 Å². The van der Waals surface area contributed by atoms with Gasteiger partial charge in [-0.05, 0) is 5.56 Å². The SMILES string of the molecule is COC(=O)CCNC(=O)[C@@H]1O[P@@](=O)(OCc2ccccc2)OCC1(C)C. The number of ether oxygens (including phenoxy) is 1. The predicted molar refractivity (Wildman–Crippen MR) is 93.1 cm³/mol. The molecule has 1 fully saturated rings. The highest BCUT2D eigenvalue weighted by atomic mass is 31.2. The van der Waals surface area contributed by atoms with Crippen molar-refractivity contribution in [2.45, 2.75) is 33.0 Å². The third kappa shape index (κ3) is 5.64. The molecule has 26 heavy (non-hydrogen) atoms. The summed E-state index contributed by atoms with van der Waals surface area (Å²) in [5.41, 5.74) is 0.0955. The number of phosphoric ester groups is 1. The fourth-order valence-corrected chi connectivity index (χ4v) is 3.94. The zero-order valence-corrected chi connectivity index (χ0v) is 16.0. The molecule has 1 aromatic rings. The fraction of sp³-hybridized carbons (Fsp3) is 0.529. The lowest BCUT2D eigenvalue weighted by molar-refractivity contribution is -0.143. The molecule has 2 rings (SSSR count). The van der Waals surface area contributed by atoms with Crippen molar-refractivity contribution in [3.8, 4) is 0 Å². The monoisotopic (exact) mass is 385 g/mol. The minimum Gasteiger partial charge on any atom is -0.469 e. The summed E-state index contributed by atoms with van der Waals surface area (Å²) >= 11 is 0. The van der Waals surface area contributed by atoms with Crippen LogP contribution in [-0.4, -0.2) is 38.2 Å². The van der Waals surface area contributed by atoms with Gasteiger partial charge in [-0.3, -0.25) is 23.2 Å². The average molecular weight is 385 g/mol. The van der Waals surface area contributed by atoms with E-state index in [1.54, 1.807) is 13.8 Å². The average Bonchev–Trinajstić information content (AvgIpc) is 2.63. The van der Waals surface area contributed by atoms with E-state index in [-0.39, 0.29) is 26.2 Å². The van der Waals surface area contributed by atoms with Gasteiger partial charge in [0.15, 0.2) is 6.10 Å². The first kappa shape index (κ1) is 20.6. The zero-order valence-electron chi connectivity index (χ0n) is 15.1. The van der Waals surface area contributed by atoms with Gasteiger partial charge in [0, 0.05) is 12.0 Å². The predicted octanol–water partition coefficient (Wildman–Crippen LogP) is 2.43. The van der Waals surface area contributed by atoms with Crippen molar-refractivity contribution in [1.29, 1.82) is 0 Å². The maximum absolute atomic E-state index is 12.7. The molecule has 8 nitrogen and oxygen atoms in total. The molecule has 1 amide bonds. The van der Waals surface area contributed by atoms with Gasteiger partial charge in [-0.2, -0.15) is 0 Å².